The van der Waals surface area contributed by atoms with E-state index in [4.69, 9.17) is 9.15 Å². The van der Waals surface area contributed by atoms with Crippen molar-refractivity contribution in [3.05, 3.63) is 65.4 Å². The van der Waals surface area contributed by atoms with E-state index < -0.39 is 6.04 Å². The lowest BCUT2D eigenvalue weighted by Crippen LogP contribution is -2.49. The fraction of sp³-hybridized carbons (Fsp3) is 0.385. The normalized spacial score (nSPS) is 16.2. The van der Waals surface area contributed by atoms with Gasteiger partial charge in [0.25, 0.3) is 5.91 Å². The lowest BCUT2D eigenvalue weighted by molar-refractivity contribution is -0.130. The predicted molar refractivity (Wildman–Crippen MR) is 122 cm³/mol. The first kappa shape index (κ1) is 20.6. The molecule has 3 aromatic rings. The van der Waals surface area contributed by atoms with Crippen molar-refractivity contribution in [2.45, 2.75) is 57.0 Å². The maximum atomic E-state index is 12.7. The van der Waals surface area contributed by atoms with E-state index in [-0.39, 0.29) is 24.5 Å². The average molecular weight is 433 g/mol. The first-order valence-corrected chi connectivity index (χ1v) is 11.5. The van der Waals surface area contributed by atoms with Gasteiger partial charge in [0.05, 0.1) is 0 Å². The van der Waals surface area contributed by atoms with Gasteiger partial charge in [-0.1, -0.05) is 30.3 Å². The molecular weight excluding hydrogens is 404 g/mol. The summed E-state index contributed by atoms with van der Waals surface area (Å²) >= 11 is 0. The molecule has 1 unspecified atom stereocenters. The minimum Gasteiger partial charge on any atom is -0.484 e. The van der Waals surface area contributed by atoms with E-state index in [1.807, 2.05) is 48.5 Å². The highest BCUT2D eigenvalue weighted by Gasteiger charge is 2.28. The number of benzene rings is 2. The number of aryl methyl sites for hydroxylation is 2. The number of hydrogen-bond donors (Lipinski definition) is 2. The monoisotopic (exact) mass is 432 g/mol. The summed E-state index contributed by atoms with van der Waals surface area (Å²) in [7, 11) is 0. The molecule has 0 aliphatic heterocycles. The Bertz CT molecular complexity index is 1120. The molecule has 1 aromatic heterocycles. The number of ether oxygens (including phenoxy) is 1. The molecule has 1 heterocycles. The van der Waals surface area contributed by atoms with Crippen LogP contribution >= 0.6 is 0 Å². The second-order valence-corrected chi connectivity index (χ2v) is 8.75. The molecule has 0 spiro atoms. The Labute approximate surface area is 187 Å². The Balaban J connectivity index is 1.23. The molecule has 1 fully saturated rings. The van der Waals surface area contributed by atoms with Crippen molar-refractivity contribution in [2.75, 3.05) is 6.61 Å². The lowest BCUT2D eigenvalue weighted by atomic mass is 9.96. The van der Waals surface area contributed by atoms with E-state index in [1.165, 1.54) is 12.0 Å². The minimum absolute atomic E-state index is 0.142. The Kier molecular flexibility index (Phi) is 5.84. The van der Waals surface area contributed by atoms with Gasteiger partial charge in [-0.05, 0) is 55.9 Å². The Morgan fingerprint density at radius 2 is 1.88 bits per heavy atom. The summed E-state index contributed by atoms with van der Waals surface area (Å²) < 4.78 is 11.7. The van der Waals surface area contributed by atoms with Crippen LogP contribution in [-0.4, -0.2) is 30.5 Å². The molecule has 32 heavy (non-hydrogen) atoms. The van der Waals surface area contributed by atoms with Crippen LogP contribution in [0.15, 0.2) is 52.9 Å². The maximum Gasteiger partial charge on any atom is 0.258 e. The van der Waals surface area contributed by atoms with Crippen molar-refractivity contribution in [3.63, 3.8) is 0 Å². The van der Waals surface area contributed by atoms with E-state index in [2.05, 4.69) is 10.6 Å². The third-order valence-corrected chi connectivity index (χ3v) is 6.15. The van der Waals surface area contributed by atoms with Gasteiger partial charge in [-0.15, -0.1) is 0 Å². The molecule has 2 N–H and O–H groups in total. The van der Waals surface area contributed by atoms with Gasteiger partial charge in [-0.2, -0.15) is 0 Å². The van der Waals surface area contributed by atoms with Crippen LogP contribution in [0, 0.1) is 0 Å². The van der Waals surface area contributed by atoms with Crippen LogP contribution in [-0.2, 0) is 28.9 Å². The van der Waals surface area contributed by atoms with Gasteiger partial charge in [0, 0.05) is 29.8 Å². The number of rotatable bonds is 8. The van der Waals surface area contributed by atoms with Crippen molar-refractivity contribution < 1.29 is 18.7 Å². The zero-order valence-corrected chi connectivity index (χ0v) is 18.1. The zero-order valence-electron chi connectivity index (χ0n) is 18.1. The number of furan rings is 1. The van der Waals surface area contributed by atoms with Crippen molar-refractivity contribution in [3.8, 4) is 5.75 Å². The highest BCUT2D eigenvalue weighted by Crippen LogP contribution is 2.33. The van der Waals surface area contributed by atoms with Gasteiger partial charge in [0.15, 0.2) is 6.61 Å². The minimum atomic E-state index is -0.627. The SMILES string of the molecule is O=C(COc1ccc2oc3c(c2c1)CCCC3)NC(Cc1ccccc1)C(=O)NC1CC1. The highest BCUT2D eigenvalue weighted by atomic mass is 16.5. The summed E-state index contributed by atoms with van der Waals surface area (Å²) in [5, 5.41) is 6.92. The predicted octanol–water partition coefficient (Wildman–Crippen LogP) is 3.70. The number of carbonyl (C=O) groups excluding carboxylic acids is 2. The van der Waals surface area contributed by atoms with Gasteiger partial charge in [-0.3, -0.25) is 9.59 Å². The van der Waals surface area contributed by atoms with Crippen molar-refractivity contribution in [2.24, 2.45) is 0 Å². The van der Waals surface area contributed by atoms with E-state index in [9.17, 15) is 9.59 Å². The summed E-state index contributed by atoms with van der Waals surface area (Å²) in [6.45, 7) is -0.145. The Hall–Kier alpha value is -3.28. The Morgan fingerprint density at radius 3 is 2.69 bits per heavy atom. The molecule has 5 rings (SSSR count). The number of hydrogen-bond acceptors (Lipinski definition) is 4. The van der Waals surface area contributed by atoms with Crippen molar-refractivity contribution in [1.82, 2.24) is 10.6 Å². The first-order chi connectivity index (χ1) is 15.7. The second kappa shape index (κ2) is 9.07. The maximum absolute atomic E-state index is 12.7. The molecule has 6 heteroatoms. The largest absolute Gasteiger partial charge is 0.484 e. The number of nitrogens with one attached hydrogen (secondary N) is 2. The molecule has 2 aliphatic rings. The number of amides is 2. The summed E-state index contributed by atoms with van der Waals surface area (Å²) in [6.07, 6.45) is 6.77. The highest BCUT2D eigenvalue weighted by molar-refractivity contribution is 5.89. The molecule has 6 nitrogen and oxygen atoms in total. The molecule has 0 saturated heterocycles. The van der Waals surface area contributed by atoms with E-state index in [1.54, 1.807) is 0 Å². The van der Waals surface area contributed by atoms with E-state index >= 15 is 0 Å². The molecule has 1 saturated carbocycles. The smallest absolute Gasteiger partial charge is 0.258 e. The van der Waals surface area contributed by atoms with Gasteiger partial charge >= 0.3 is 0 Å². The standard InChI is InChI=1S/C26H28N2O4/c29-25(28-22(26(30)27-18-10-11-18)14-17-6-2-1-3-7-17)16-31-19-12-13-24-21(15-19)20-8-4-5-9-23(20)32-24/h1-3,6-7,12-13,15,18,22H,4-5,8-11,14,16H2,(H,27,30)(H,28,29). The molecule has 0 radical (unpaired) electrons. The van der Waals surface area contributed by atoms with Crippen LogP contribution in [0.2, 0.25) is 0 Å². The molecular formula is C26H28N2O4. The topological polar surface area (TPSA) is 80.6 Å². The summed E-state index contributed by atoms with van der Waals surface area (Å²) in [6, 6.07) is 15.0. The van der Waals surface area contributed by atoms with Crippen LogP contribution in [0.25, 0.3) is 11.0 Å². The van der Waals surface area contributed by atoms with E-state index in [0.717, 1.165) is 54.4 Å². The third kappa shape index (κ3) is 4.79. The molecule has 0 bridgehead atoms. The molecule has 1 atom stereocenters. The zero-order chi connectivity index (χ0) is 21.9. The van der Waals surface area contributed by atoms with Gasteiger partial charge < -0.3 is 19.8 Å². The Morgan fingerprint density at radius 1 is 1.06 bits per heavy atom. The van der Waals surface area contributed by atoms with Crippen LogP contribution in [0.3, 0.4) is 0 Å². The summed E-state index contributed by atoms with van der Waals surface area (Å²) in [5.74, 6) is 1.25. The van der Waals surface area contributed by atoms with Gasteiger partial charge in [0.1, 0.15) is 23.1 Å². The summed E-state index contributed by atoms with van der Waals surface area (Å²) in [5.41, 5.74) is 3.13. The van der Waals surface area contributed by atoms with Gasteiger partial charge in [0.2, 0.25) is 5.91 Å². The summed E-state index contributed by atoms with van der Waals surface area (Å²) in [4.78, 5) is 25.3. The average Bonchev–Trinajstić information content (AvgIpc) is 3.55. The molecule has 2 amide bonds. The van der Waals surface area contributed by atoms with Crippen LogP contribution in [0.4, 0.5) is 0 Å². The van der Waals surface area contributed by atoms with Crippen LogP contribution in [0.1, 0.15) is 42.6 Å². The van der Waals surface area contributed by atoms with E-state index in [0.29, 0.717) is 12.2 Å². The molecule has 166 valence electrons. The molecule has 2 aromatic carbocycles. The number of carbonyl (C=O) groups is 2. The van der Waals surface area contributed by atoms with Crippen molar-refractivity contribution in [1.29, 1.82) is 0 Å². The van der Waals surface area contributed by atoms with Crippen molar-refractivity contribution >= 4 is 22.8 Å². The molecule has 2 aliphatic carbocycles. The quantitative estimate of drug-likeness (QED) is 0.569. The lowest BCUT2D eigenvalue weighted by Gasteiger charge is -2.19. The van der Waals surface area contributed by atoms with Crippen LogP contribution < -0.4 is 15.4 Å². The third-order valence-electron chi connectivity index (χ3n) is 6.15. The second-order valence-electron chi connectivity index (χ2n) is 8.75. The van der Waals surface area contributed by atoms with Crippen LogP contribution in [0.5, 0.6) is 5.75 Å². The van der Waals surface area contributed by atoms with Gasteiger partial charge in [-0.25, -0.2) is 0 Å². The number of fused-ring (bicyclic) bond motifs is 3. The fourth-order valence-corrected chi connectivity index (χ4v) is 4.30. The first-order valence-electron chi connectivity index (χ1n) is 11.5. The fourth-order valence-electron chi connectivity index (χ4n) is 4.30.